The Kier molecular flexibility index (Phi) is 3.45. The Labute approximate surface area is 121 Å². The maximum Gasteiger partial charge on any atom is 0.109 e. The minimum absolute atomic E-state index is 0.602. The molecule has 2 N–H and O–H groups in total. The number of fused-ring (bicyclic) bond motifs is 1. The molecule has 1 aliphatic rings. The van der Waals surface area contributed by atoms with Crippen LogP contribution in [-0.4, -0.2) is 9.55 Å². The maximum atomic E-state index is 5.89. The first-order chi connectivity index (χ1) is 9.60. The van der Waals surface area contributed by atoms with Crippen molar-refractivity contribution in [1.82, 2.24) is 9.55 Å². The summed E-state index contributed by atoms with van der Waals surface area (Å²) in [6.45, 7) is 6.96. The van der Waals surface area contributed by atoms with Crippen LogP contribution < -0.4 is 5.73 Å². The third-order valence-corrected chi connectivity index (χ3v) is 5.04. The number of nitrogen functional groups attached to an aromatic ring is 1. The van der Waals surface area contributed by atoms with Crippen molar-refractivity contribution < 1.29 is 0 Å². The Balaban J connectivity index is 2.05. The zero-order chi connectivity index (χ0) is 14.3. The van der Waals surface area contributed by atoms with Gasteiger partial charge in [0.2, 0.25) is 0 Å². The average molecular weight is 271 g/mol. The molecule has 1 fully saturated rings. The van der Waals surface area contributed by atoms with Crippen LogP contribution in [0.4, 0.5) is 5.69 Å². The number of nitrogens with zero attached hydrogens (tertiary/aromatic N) is 2. The summed E-state index contributed by atoms with van der Waals surface area (Å²) in [5.41, 5.74) is 9.00. The van der Waals surface area contributed by atoms with E-state index in [-0.39, 0.29) is 0 Å². The molecular weight excluding hydrogens is 246 g/mol. The Morgan fingerprint density at radius 1 is 1.25 bits per heavy atom. The molecule has 3 atom stereocenters. The van der Waals surface area contributed by atoms with Gasteiger partial charge in [-0.3, -0.25) is 0 Å². The molecule has 1 heterocycles. The minimum Gasteiger partial charge on any atom is -0.399 e. The molecule has 108 valence electrons. The molecule has 3 rings (SSSR count). The summed E-state index contributed by atoms with van der Waals surface area (Å²) in [5, 5.41) is 0. The van der Waals surface area contributed by atoms with Gasteiger partial charge < -0.3 is 10.3 Å². The highest BCUT2D eigenvalue weighted by Crippen LogP contribution is 2.38. The highest BCUT2D eigenvalue weighted by molar-refractivity contribution is 5.79. The number of aryl methyl sites for hydroxylation is 1. The van der Waals surface area contributed by atoms with E-state index in [2.05, 4.69) is 31.4 Å². The molecule has 1 aliphatic carbocycles. The molecule has 0 spiro atoms. The monoisotopic (exact) mass is 271 g/mol. The van der Waals surface area contributed by atoms with E-state index in [4.69, 9.17) is 10.7 Å². The van der Waals surface area contributed by atoms with Gasteiger partial charge in [0, 0.05) is 18.2 Å². The van der Waals surface area contributed by atoms with Crippen LogP contribution in [0.5, 0.6) is 0 Å². The molecule has 0 saturated heterocycles. The fraction of sp³-hybridized carbons (Fsp3) is 0.588. The maximum absolute atomic E-state index is 5.89. The van der Waals surface area contributed by atoms with E-state index in [1.165, 1.54) is 30.6 Å². The van der Waals surface area contributed by atoms with Crippen molar-refractivity contribution in [3.05, 3.63) is 24.0 Å². The van der Waals surface area contributed by atoms with Crippen LogP contribution in [0.1, 0.15) is 51.9 Å². The van der Waals surface area contributed by atoms with Gasteiger partial charge >= 0.3 is 0 Å². The van der Waals surface area contributed by atoms with Crippen molar-refractivity contribution in [2.24, 2.45) is 11.8 Å². The van der Waals surface area contributed by atoms with Crippen LogP contribution in [0.25, 0.3) is 11.0 Å². The van der Waals surface area contributed by atoms with Gasteiger partial charge in [0.1, 0.15) is 5.82 Å². The first-order valence-corrected chi connectivity index (χ1v) is 7.86. The standard InChI is InChI=1S/C17H25N3/c1-4-17-19-15-10-13(18)6-8-16(15)20(17)14-7-5-11(2)12(3)9-14/h6,8,10-12,14H,4-5,7,9,18H2,1-3H3. The van der Waals surface area contributed by atoms with Gasteiger partial charge in [-0.25, -0.2) is 4.98 Å². The first-order valence-electron chi connectivity index (χ1n) is 7.86. The second-order valence-electron chi connectivity index (χ2n) is 6.42. The topological polar surface area (TPSA) is 43.8 Å². The molecule has 20 heavy (non-hydrogen) atoms. The fourth-order valence-electron chi connectivity index (χ4n) is 3.58. The van der Waals surface area contributed by atoms with Crippen molar-refractivity contribution in [3.63, 3.8) is 0 Å². The molecule has 3 unspecified atom stereocenters. The summed E-state index contributed by atoms with van der Waals surface area (Å²) in [6, 6.07) is 6.73. The molecule has 1 saturated carbocycles. The lowest BCUT2D eigenvalue weighted by atomic mass is 9.79. The van der Waals surface area contributed by atoms with E-state index in [9.17, 15) is 0 Å². The number of imidazole rings is 1. The van der Waals surface area contributed by atoms with Gasteiger partial charge in [-0.2, -0.15) is 0 Å². The van der Waals surface area contributed by atoms with Gasteiger partial charge in [-0.15, -0.1) is 0 Å². The molecule has 2 aromatic rings. The predicted molar refractivity (Wildman–Crippen MR) is 84.7 cm³/mol. The molecule has 1 aromatic carbocycles. The SMILES string of the molecule is CCc1nc2cc(N)ccc2n1C1CCC(C)C(C)C1. The second kappa shape index (κ2) is 5.12. The molecular formula is C17H25N3. The van der Waals surface area contributed by atoms with E-state index in [0.29, 0.717) is 6.04 Å². The van der Waals surface area contributed by atoms with Crippen molar-refractivity contribution in [2.45, 2.75) is 52.5 Å². The van der Waals surface area contributed by atoms with Crippen LogP contribution in [0, 0.1) is 11.8 Å². The van der Waals surface area contributed by atoms with Crippen molar-refractivity contribution in [2.75, 3.05) is 5.73 Å². The molecule has 1 aromatic heterocycles. The summed E-state index contributed by atoms with van der Waals surface area (Å²) >= 11 is 0. The molecule has 3 nitrogen and oxygen atoms in total. The normalized spacial score (nSPS) is 27.1. The Morgan fingerprint density at radius 3 is 2.75 bits per heavy atom. The fourth-order valence-corrected chi connectivity index (χ4v) is 3.58. The number of nitrogens with two attached hydrogens (primary N) is 1. The lowest BCUT2D eigenvalue weighted by Crippen LogP contribution is -2.24. The first kappa shape index (κ1) is 13.5. The summed E-state index contributed by atoms with van der Waals surface area (Å²) in [5.74, 6) is 2.85. The number of hydrogen-bond donors (Lipinski definition) is 1. The summed E-state index contributed by atoms with van der Waals surface area (Å²) in [7, 11) is 0. The van der Waals surface area contributed by atoms with Crippen molar-refractivity contribution in [1.29, 1.82) is 0 Å². The van der Waals surface area contributed by atoms with Gasteiger partial charge in [0.15, 0.2) is 0 Å². The number of rotatable bonds is 2. The quantitative estimate of drug-likeness (QED) is 0.833. The van der Waals surface area contributed by atoms with Crippen LogP contribution in [0.2, 0.25) is 0 Å². The molecule has 0 radical (unpaired) electrons. The zero-order valence-corrected chi connectivity index (χ0v) is 12.8. The Hall–Kier alpha value is -1.51. The van der Waals surface area contributed by atoms with E-state index in [1.807, 2.05) is 12.1 Å². The Morgan fingerprint density at radius 2 is 2.05 bits per heavy atom. The van der Waals surface area contributed by atoms with E-state index in [1.54, 1.807) is 0 Å². The van der Waals surface area contributed by atoms with Crippen LogP contribution >= 0.6 is 0 Å². The van der Waals surface area contributed by atoms with Crippen LogP contribution in [-0.2, 0) is 6.42 Å². The van der Waals surface area contributed by atoms with Gasteiger partial charge in [0.25, 0.3) is 0 Å². The van der Waals surface area contributed by atoms with Crippen molar-refractivity contribution >= 4 is 16.7 Å². The van der Waals surface area contributed by atoms with Crippen molar-refractivity contribution in [3.8, 4) is 0 Å². The lowest BCUT2D eigenvalue weighted by Gasteiger charge is -2.34. The number of anilines is 1. The average Bonchev–Trinajstić information content (AvgIpc) is 2.79. The highest BCUT2D eigenvalue weighted by Gasteiger charge is 2.27. The van der Waals surface area contributed by atoms with E-state index in [0.717, 1.165) is 29.5 Å². The predicted octanol–water partition coefficient (Wildman–Crippen LogP) is 4.18. The molecule has 0 bridgehead atoms. The van der Waals surface area contributed by atoms with Gasteiger partial charge in [-0.1, -0.05) is 20.8 Å². The largest absolute Gasteiger partial charge is 0.399 e. The summed E-state index contributed by atoms with van der Waals surface area (Å²) < 4.78 is 2.48. The van der Waals surface area contributed by atoms with E-state index >= 15 is 0 Å². The number of hydrogen-bond acceptors (Lipinski definition) is 2. The van der Waals surface area contributed by atoms with Gasteiger partial charge in [0.05, 0.1) is 11.0 Å². The smallest absolute Gasteiger partial charge is 0.109 e. The third kappa shape index (κ3) is 2.19. The number of benzene rings is 1. The minimum atomic E-state index is 0.602. The van der Waals surface area contributed by atoms with Gasteiger partial charge in [-0.05, 0) is 49.3 Å². The molecule has 0 amide bonds. The third-order valence-electron chi connectivity index (χ3n) is 5.04. The molecule has 3 heteroatoms. The number of aromatic nitrogens is 2. The summed E-state index contributed by atoms with van der Waals surface area (Å²) in [6.07, 6.45) is 4.84. The zero-order valence-electron chi connectivity index (χ0n) is 12.8. The second-order valence-corrected chi connectivity index (χ2v) is 6.42. The highest BCUT2D eigenvalue weighted by atomic mass is 15.1. The lowest BCUT2D eigenvalue weighted by molar-refractivity contribution is 0.211. The van der Waals surface area contributed by atoms with E-state index < -0.39 is 0 Å². The van der Waals surface area contributed by atoms with Crippen LogP contribution in [0.15, 0.2) is 18.2 Å². The summed E-state index contributed by atoms with van der Waals surface area (Å²) in [4.78, 5) is 4.79. The van der Waals surface area contributed by atoms with Crippen LogP contribution in [0.3, 0.4) is 0 Å². The Bertz CT molecular complexity index is 614. The molecule has 0 aliphatic heterocycles.